The maximum Gasteiger partial charge on any atom is 0.262 e. The van der Waals surface area contributed by atoms with E-state index in [-0.39, 0.29) is 5.91 Å². The van der Waals surface area contributed by atoms with Gasteiger partial charge in [0.25, 0.3) is 5.91 Å². The minimum atomic E-state index is -0.602. The molecule has 20 heavy (non-hydrogen) atoms. The van der Waals surface area contributed by atoms with E-state index in [0.29, 0.717) is 23.4 Å². The molecule has 0 spiro atoms. The fraction of sp³-hybridized carbons (Fsp3) is 0.200. The van der Waals surface area contributed by atoms with Crippen LogP contribution in [0.15, 0.2) is 41.8 Å². The SMILES string of the molecule is N#Cc1ccsc1C(=O)NCCC(O)c1ccccc1. The zero-order valence-corrected chi connectivity index (χ0v) is 11.6. The number of rotatable bonds is 5. The molecule has 0 saturated carbocycles. The van der Waals surface area contributed by atoms with Gasteiger partial charge in [-0.3, -0.25) is 4.79 Å². The summed E-state index contributed by atoms with van der Waals surface area (Å²) >= 11 is 1.24. The van der Waals surface area contributed by atoms with Gasteiger partial charge in [-0.2, -0.15) is 5.26 Å². The van der Waals surface area contributed by atoms with Gasteiger partial charge in [0.15, 0.2) is 0 Å². The summed E-state index contributed by atoms with van der Waals surface area (Å²) in [5.74, 6) is -0.267. The number of aliphatic hydroxyl groups is 1. The summed E-state index contributed by atoms with van der Waals surface area (Å²) in [5, 5.41) is 23.3. The molecule has 5 heteroatoms. The molecule has 1 amide bonds. The second-order valence-electron chi connectivity index (χ2n) is 4.25. The highest BCUT2D eigenvalue weighted by Gasteiger charge is 2.13. The summed E-state index contributed by atoms with van der Waals surface area (Å²) in [4.78, 5) is 12.3. The van der Waals surface area contributed by atoms with Crippen LogP contribution in [0, 0.1) is 11.3 Å². The van der Waals surface area contributed by atoms with Crippen LogP contribution in [0.5, 0.6) is 0 Å². The maximum absolute atomic E-state index is 11.9. The van der Waals surface area contributed by atoms with Crippen molar-refractivity contribution >= 4 is 17.2 Å². The molecule has 2 rings (SSSR count). The molecule has 4 nitrogen and oxygen atoms in total. The number of hydrogen-bond acceptors (Lipinski definition) is 4. The normalized spacial score (nSPS) is 11.6. The van der Waals surface area contributed by atoms with Gasteiger partial charge >= 0.3 is 0 Å². The van der Waals surface area contributed by atoms with E-state index in [1.165, 1.54) is 11.3 Å². The second-order valence-corrected chi connectivity index (χ2v) is 5.16. The third-order valence-electron chi connectivity index (χ3n) is 2.88. The molecule has 0 aliphatic rings. The number of hydrogen-bond donors (Lipinski definition) is 2. The van der Waals surface area contributed by atoms with Gasteiger partial charge < -0.3 is 10.4 Å². The Morgan fingerprint density at radius 1 is 1.35 bits per heavy atom. The molecule has 102 valence electrons. The summed E-state index contributed by atoms with van der Waals surface area (Å²) in [6.45, 7) is 0.359. The molecule has 1 aromatic carbocycles. The third-order valence-corrected chi connectivity index (χ3v) is 3.79. The van der Waals surface area contributed by atoms with Gasteiger partial charge in [-0.1, -0.05) is 30.3 Å². The molecule has 1 aromatic heterocycles. The van der Waals surface area contributed by atoms with E-state index in [2.05, 4.69) is 5.32 Å². The van der Waals surface area contributed by atoms with Gasteiger partial charge in [0.05, 0.1) is 11.7 Å². The number of aliphatic hydroxyl groups excluding tert-OH is 1. The largest absolute Gasteiger partial charge is 0.388 e. The van der Waals surface area contributed by atoms with Crippen LogP contribution in [-0.4, -0.2) is 17.6 Å². The van der Waals surface area contributed by atoms with Crippen molar-refractivity contribution in [1.82, 2.24) is 5.32 Å². The molecule has 2 N–H and O–H groups in total. The molecule has 2 aromatic rings. The number of thiophene rings is 1. The van der Waals surface area contributed by atoms with Gasteiger partial charge in [-0.15, -0.1) is 11.3 Å². The van der Waals surface area contributed by atoms with Crippen molar-refractivity contribution in [3.8, 4) is 6.07 Å². The van der Waals surface area contributed by atoms with Crippen LogP contribution < -0.4 is 5.32 Å². The molecule has 0 aliphatic heterocycles. The van der Waals surface area contributed by atoms with Crippen molar-refractivity contribution in [2.75, 3.05) is 6.54 Å². The van der Waals surface area contributed by atoms with Crippen molar-refractivity contribution in [2.24, 2.45) is 0 Å². The van der Waals surface area contributed by atoms with E-state index < -0.39 is 6.10 Å². The Hall–Kier alpha value is -2.16. The number of carbonyl (C=O) groups is 1. The highest BCUT2D eigenvalue weighted by atomic mass is 32.1. The zero-order valence-electron chi connectivity index (χ0n) is 10.7. The van der Waals surface area contributed by atoms with Crippen molar-refractivity contribution in [3.63, 3.8) is 0 Å². The van der Waals surface area contributed by atoms with E-state index in [9.17, 15) is 9.90 Å². The van der Waals surface area contributed by atoms with Crippen LogP contribution in [-0.2, 0) is 0 Å². The Morgan fingerprint density at radius 3 is 2.80 bits per heavy atom. The smallest absolute Gasteiger partial charge is 0.262 e. The Kier molecular flexibility index (Phi) is 4.88. The summed E-state index contributed by atoms with van der Waals surface area (Å²) in [7, 11) is 0. The lowest BCUT2D eigenvalue weighted by molar-refractivity contribution is 0.0946. The average molecular weight is 286 g/mol. The number of benzene rings is 1. The number of carbonyl (C=O) groups excluding carboxylic acids is 1. The Labute approximate surface area is 121 Å². The zero-order chi connectivity index (χ0) is 14.4. The van der Waals surface area contributed by atoms with E-state index in [0.717, 1.165) is 5.56 Å². The van der Waals surface area contributed by atoms with E-state index in [1.54, 1.807) is 11.4 Å². The number of nitrogens with one attached hydrogen (secondary N) is 1. The molecule has 0 radical (unpaired) electrons. The summed E-state index contributed by atoms with van der Waals surface area (Å²) in [5.41, 5.74) is 1.21. The lowest BCUT2D eigenvalue weighted by atomic mass is 10.1. The highest BCUT2D eigenvalue weighted by Crippen LogP contribution is 2.17. The average Bonchev–Trinajstić information content (AvgIpc) is 2.96. The summed E-state index contributed by atoms with van der Waals surface area (Å²) < 4.78 is 0. The lowest BCUT2D eigenvalue weighted by Crippen LogP contribution is -2.25. The Balaban J connectivity index is 1.85. The molecule has 0 aliphatic carbocycles. The Bertz CT molecular complexity index is 616. The van der Waals surface area contributed by atoms with Crippen LogP contribution >= 0.6 is 11.3 Å². The first-order valence-corrected chi connectivity index (χ1v) is 7.09. The van der Waals surface area contributed by atoms with Crippen molar-refractivity contribution in [3.05, 3.63) is 57.8 Å². The van der Waals surface area contributed by atoms with E-state index >= 15 is 0 Å². The van der Waals surface area contributed by atoms with Crippen LogP contribution in [0.25, 0.3) is 0 Å². The monoisotopic (exact) mass is 286 g/mol. The van der Waals surface area contributed by atoms with Gasteiger partial charge in [-0.25, -0.2) is 0 Å². The van der Waals surface area contributed by atoms with Gasteiger partial charge in [0, 0.05) is 6.54 Å². The van der Waals surface area contributed by atoms with Gasteiger partial charge in [0.1, 0.15) is 10.9 Å². The summed E-state index contributed by atoms with van der Waals surface area (Å²) in [6.07, 6.45) is -0.168. The standard InChI is InChI=1S/C15H14N2O2S/c16-10-12-7-9-20-14(12)15(19)17-8-6-13(18)11-4-2-1-3-5-11/h1-5,7,9,13,18H,6,8H2,(H,17,19). The topological polar surface area (TPSA) is 73.1 Å². The number of amides is 1. The van der Waals surface area contributed by atoms with Crippen molar-refractivity contribution in [1.29, 1.82) is 5.26 Å². The first-order chi connectivity index (χ1) is 9.72. The van der Waals surface area contributed by atoms with Gasteiger partial charge in [-0.05, 0) is 23.4 Å². The first kappa shape index (κ1) is 14.3. The molecule has 1 unspecified atom stereocenters. The fourth-order valence-corrected chi connectivity index (χ4v) is 2.58. The molecule has 0 bridgehead atoms. The third kappa shape index (κ3) is 3.44. The van der Waals surface area contributed by atoms with Crippen LogP contribution in [0.2, 0.25) is 0 Å². The maximum atomic E-state index is 11.9. The molecular formula is C15H14N2O2S. The van der Waals surface area contributed by atoms with Gasteiger partial charge in [0.2, 0.25) is 0 Å². The second kappa shape index (κ2) is 6.85. The first-order valence-electron chi connectivity index (χ1n) is 6.21. The summed E-state index contributed by atoms with van der Waals surface area (Å²) in [6, 6.07) is 12.9. The lowest BCUT2D eigenvalue weighted by Gasteiger charge is -2.11. The Morgan fingerprint density at radius 2 is 2.10 bits per heavy atom. The molecule has 1 heterocycles. The van der Waals surface area contributed by atoms with Crippen molar-refractivity contribution < 1.29 is 9.90 Å². The van der Waals surface area contributed by atoms with Crippen LogP contribution in [0.3, 0.4) is 0 Å². The molecule has 1 atom stereocenters. The van der Waals surface area contributed by atoms with E-state index in [1.807, 2.05) is 36.4 Å². The molecule has 0 fully saturated rings. The quantitative estimate of drug-likeness (QED) is 0.886. The highest BCUT2D eigenvalue weighted by molar-refractivity contribution is 7.12. The molecular weight excluding hydrogens is 272 g/mol. The number of nitrogens with zero attached hydrogens (tertiary/aromatic N) is 1. The van der Waals surface area contributed by atoms with Crippen molar-refractivity contribution in [2.45, 2.75) is 12.5 Å². The minimum Gasteiger partial charge on any atom is -0.388 e. The predicted octanol–water partition coefficient (Wildman–Crippen LogP) is 2.47. The van der Waals surface area contributed by atoms with Crippen LogP contribution in [0.4, 0.5) is 0 Å². The van der Waals surface area contributed by atoms with E-state index in [4.69, 9.17) is 5.26 Å². The van der Waals surface area contributed by atoms with Crippen LogP contribution in [0.1, 0.15) is 33.3 Å². The molecule has 0 saturated heterocycles. The predicted molar refractivity (Wildman–Crippen MR) is 77.4 cm³/mol. The number of nitriles is 1. The minimum absolute atomic E-state index is 0.267. The fourth-order valence-electron chi connectivity index (χ4n) is 1.82.